The second kappa shape index (κ2) is 8.30. The molecule has 1 amide bonds. The smallest absolute Gasteiger partial charge is 0.264 e. The molecule has 160 valence electrons. The number of nitrogens with one attached hydrogen (secondary N) is 1. The minimum Gasteiger partial charge on any atom is -0.495 e. The van der Waals surface area contributed by atoms with Gasteiger partial charge in [-0.25, -0.2) is 8.42 Å². The Kier molecular flexibility index (Phi) is 5.73. The zero-order chi connectivity index (χ0) is 21.3. The minimum atomic E-state index is -3.95. The van der Waals surface area contributed by atoms with Crippen LogP contribution in [0.2, 0.25) is 0 Å². The van der Waals surface area contributed by atoms with Crippen LogP contribution in [0.5, 0.6) is 5.75 Å². The van der Waals surface area contributed by atoms with E-state index in [0.717, 1.165) is 22.7 Å². The molecule has 0 aromatic heterocycles. The van der Waals surface area contributed by atoms with Crippen LogP contribution in [0.1, 0.15) is 31.2 Å². The van der Waals surface area contributed by atoms with Crippen molar-refractivity contribution >= 4 is 21.6 Å². The highest BCUT2D eigenvalue weighted by atomic mass is 32.2. The number of fused-ring (bicyclic) bond motifs is 2. The van der Waals surface area contributed by atoms with Gasteiger partial charge in [0.2, 0.25) is 5.91 Å². The second-order valence-electron chi connectivity index (χ2n) is 8.35. The number of benzene rings is 2. The maximum absolute atomic E-state index is 13.5. The van der Waals surface area contributed by atoms with Gasteiger partial charge >= 0.3 is 0 Å². The number of hydrogen-bond acceptors (Lipinski definition) is 4. The Morgan fingerprint density at radius 1 is 1.13 bits per heavy atom. The van der Waals surface area contributed by atoms with Crippen molar-refractivity contribution in [3.63, 3.8) is 0 Å². The summed E-state index contributed by atoms with van der Waals surface area (Å²) >= 11 is 0. The fraction of sp³-hybridized carbons (Fsp3) is 0.435. The summed E-state index contributed by atoms with van der Waals surface area (Å²) in [7, 11) is -2.45. The number of nitrogens with zero attached hydrogens (tertiary/aromatic N) is 1. The fourth-order valence-corrected chi connectivity index (χ4v) is 6.26. The van der Waals surface area contributed by atoms with Crippen molar-refractivity contribution < 1.29 is 17.9 Å². The van der Waals surface area contributed by atoms with Gasteiger partial charge in [0.25, 0.3) is 10.0 Å². The molecule has 2 fully saturated rings. The van der Waals surface area contributed by atoms with Crippen molar-refractivity contribution in [3.8, 4) is 5.75 Å². The van der Waals surface area contributed by atoms with Gasteiger partial charge in [0, 0.05) is 6.04 Å². The standard InChI is InChI=1S/C23H28N2O4S/c1-16-8-11-22(29-2)21(12-16)25(30(27,28)19-6-4-3-5-7-19)15-23(26)24-20-14-17-9-10-18(20)13-17/h3-8,11-12,17-18,20H,9-10,13-15H2,1-2H3,(H,24,26)/t17-,18-,20-/m0/s1. The molecule has 0 spiro atoms. The first-order valence-electron chi connectivity index (χ1n) is 10.4. The first-order valence-corrected chi connectivity index (χ1v) is 11.8. The Labute approximate surface area is 178 Å². The van der Waals surface area contributed by atoms with Crippen molar-refractivity contribution in [2.75, 3.05) is 18.0 Å². The second-order valence-corrected chi connectivity index (χ2v) is 10.2. The van der Waals surface area contributed by atoms with Gasteiger partial charge in [-0.05, 0) is 67.9 Å². The molecule has 0 saturated heterocycles. The van der Waals surface area contributed by atoms with Gasteiger partial charge in [-0.15, -0.1) is 0 Å². The average molecular weight is 429 g/mol. The summed E-state index contributed by atoms with van der Waals surface area (Å²) in [6, 6.07) is 13.7. The molecule has 4 rings (SSSR count). The summed E-state index contributed by atoms with van der Waals surface area (Å²) < 4.78 is 33.6. The summed E-state index contributed by atoms with van der Waals surface area (Å²) in [6.07, 6.45) is 4.55. The average Bonchev–Trinajstić information content (AvgIpc) is 3.36. The van der Waals surface area contributed by atoms with Crippen molar-refractivity contribution in [2.24, 2.45) is 11.8 Å². The highest BCUT2D eigenvalue weighted by Gasteiger charge is 2.40. The Morgan fingerprint density at radius 3 is 2.53 bits per heavy atom. The fourth-order valence-electron chi connectivity index (χ4n) is 4.82. The van der Waals surface area contributed by atoms with Crippen molar-refractivity contribution in [3.05, 3.63) is 54.1 Å². The van der Waals surface area contributed by atoms with Gasteiger partial charge in [0.1, 0.15) is 12.3 Å². The van der Waals surface area contributed by atoms with E-state index >= 15 is 0 Å². The molecule has 2 bridgehead atoms. The van der Waals surface area contributed by atoms with Crippen LogP contribution in [-0.4, -0.2) is 34.0 Å². The van der Waals surface area contributed by atoms with E-state index in [0.29, 0.717) is 23.3 Å². The maximum Gasteiger partial charge on any atom is 0.264 e. The van der Waals surface area contributed by atoms with Crippen molar-refractivity contribution in [1.29, 1.82) is 0 Å². The van der Waals surface area contributed by atoms with E-state index in [-0.39, 0.29) is 23.4 Å². The normalized spacial score (nSPS) is 22.7. The molecule has 7 heteroatoms. The molecule has 6 nitrogen and oxygen atoms in total. The summed E-state index contributed by atoms with van der Waals surface area (Å²) in [5, 5.41) is 3.10. The summed E-state index contributed by atoms with van der Waals surface area (Å²) in [5.74, 6) is 1.34. The predicted octanol–water partition coefficient (Wildman–Crippen LogP) is 3.50. The first-order chi connectivity index (χ1) is 14.4. The third-order valence-corrected chi connectivity index (χ3v) is 8.08. The number of carbonyl (C=O) groups excluding carboxylic acids is 1. The molecule has 0 unspecified atom stereocenters. The van der Waals surface area contributed by atoms with Crippen LogP contribution in [-0.2, 0) is 14.8 Å². The molecular weight excluding hydrogens is 400 g/mol. The number of aryl methyl sites for hydroxylation is 1. The topological polar surface area (TPSA) is 75.7 Å². The van der Waals surface area contributed by atoms with Crippen LogP contribution in [0.15, 0.2) is 53.4 Å². The molecule has 2 aromatic rings. The summed E-state index contributed by atoms with van der Waals surface area (Å²) in [4.78, 5) is 13.1. The number of rotatable bonds is 7. The van der Waals surface area contributed by atoms with Gasteiger partial charge in [-0.2, -0.15) is 0 Å². The van der Waals surface area contributed by atoms with E-state index < -0.39 is 10.0 Å². The Bertz CT molecular complexity index is 1020. The molecule has 2 saturated carbocycles. The van der Waals surface area contributed by atoms with Crippen LogP contribution in [0.3, 0.4) is 0 Å². The van der Waals surface area contributed by atoms with E-state index in [2.05, 4.69) is 5.32 Å². The van der Waals surface area contributed by atoms with Crippen molar-refractivity contribution in [2.45, 2.75) is 43.5 Å². The van der Waals surface area contributed by atoms with E-state index in [1.165, 1.54) is 20.0 Å². The summed E-state index contributed by atoms with van der Waals surface area (Å²) in [6.45, 7) is 1.59. The molecule has 1 N–H and O–H groups in total. The number of hydrogen-bond donors (Lipinski definition) is 1. The predicted molar refractivity (Wildman–Crippen MR) is 116 cm³/mol. The van der Waals surface area contributed by atoms with E-state index in [1.807, 2.05) is 13.0 Å². The minimum absolute atomic E-state index is 0.140. The van der Waals surface area contributed by atoms with E-state index in [9.17, 15) is 13.2 Å². The number of anilines is 1. The third-order valence-electron chi connectivity index (χ3n) is 6.31. The highest BCUT2D eigenvalue weighted by molar-refractivity contribution is 7.92. The van der Waals surface area contributed by atoms with Crippen LogP contribution in [0, 0.1) is 18.8 Å². The van der Waals surface area contributed by atoms with Gasteiger partial charge in [-0.3, -0.25) is 9.10 Å². The van der Waals surface area contributed by atoms with E-state index in [1.54, 1.807) is 42.5 Å². The number of methoxy groups -OCH3 is 1. The lowest BCUT2D eigenvalue weighted by molar-refractivity contribution is -0.120. The Hall–Kier alpha value is -2.54. The van der Waals surface area contributed by atoms with Crippen molar-refractivity contribution in [1.82, 2.24) is 5.32 Å². The van der Waals surface area contributed by atoms with Gasteiger partial charge in [0.15, 0.2) is 0 Å². The zero-order valence-corrected chi connectivity index (χ0v) is 18.2. The van der Waals surface area contributed by atoms with Crippen LogP contribution < -0.4 is 14.4 Å². The number of amides is 1. The largest absolute Gasteiger partial charge is 0.495 e. The quantitative estimate of drug-likeness (QED) is 0.732. The Balaban J connectivity index is 1.65. The van der Waals surface area contributed by atoms with Crippen LogP contribution in [0.4, 0.5) is 5.69 Å². The molecule has 30 heavy (non-hydrogen) atoms. The zero-order valence-electron chi connectivity index (χ0n) is 17.4. The molecular formula is C23H28N2O4S. The molecule has 0 radical (unpaired) electrons. The molecule has 0 aliphatic heterocycles. The first kappa shape index (κ1) is 20.7. The number of ether oxygens (including phenoxy) is 1. The van der Waals surface area contributed by atoms with Gasteiger partial charge < -0.3 is 10.1 Å². The molecule has 3 atom stereocenters. The lowest BCUT2D eigenvalue weighted by Gasteiger charge is -2.28. The lowest BCUT2D eigenvalue weighted by Crippen LogP contribution is -2.46. The molecule has 2 aromatic carbocycles. The number of sulfonamides is 1. The SMILES string of the molecule is COc1ccc(C)cc1N(CC(=O)N[C@H]1C[C@H]2CC[C@H]1C2)S(=O)(=O)c1ccccc1. The highest BCUT2D eigenvalue weighted by Crippen LogP contribution is 2.44. The Morgan fingerprint density at radius 2 is 1.90 bits per heavy atom. The third kappa shape index (κ3) is 4.03. The van der Waals surface area contributed by atoms with Gasteiger partial charge in [0.05, 0.1) is 17.7 Å². The number of carbonyl (C=O) groups is 1. The molecule has 0 heterocycles. The van der Waals surface area contributed by atoms with E-state index in [4.69, 9.17) is 4.74 Å². The molecule has 2 aliphatic carbocycles. The van der Waals surface area contributed by atoms with Crippen LogP contribution in [0.25, 0.3) is 0 Å². The monoisotopic (exact) mass is 428 g/mol. The lowest BCUT2D eigenvalue weighted by atomic mass is 9.95. The van der Waals surface area contributed by atoms with Gasteiger partial charge in [-0.1, -0.05) is 30.7 Å². The summed E-state index contributed by atoms with van der Waals surface area (Å²) in [5.41, 5.74) is 1.25. The van der Waals surface area contributed by atoms with Crippen LogP contribution >= 0.6 is 0 Å². The molecule has 2 aliphatic rings. The maximum atomic E-state index is 13.5.